The normalized spacial score (nSPS) is 10.8. The first-order chi connectivity index (χ1) is 8.66. The molecule has 0 unspecified atom stereocenters. The van der Waals surface area contributed by atoms with Gasteiger partial charge in [-0.2, -0.15) is 5.10 Å². The number of carbonyl (C=O) groups is 1. The second-order valence-corrected chi connectivity index (χ2v) is 3.96. The molecule has 0 spiro atoms. The molecule has 0 aliphatic heterocycles. The Morgan fingerprint density at radius 1 is 1.22 bits per heavy atom. The molecule has 18 heavy (non-hydrogen) atoms. The predicted molar refractivity (Wildman–Crippen MR) is 69.7 cm³/mol. The summed E-state index contributed by atoms with van der Waals surface area (Å²) in [5.41, 5.74) is 4.00. The predicted octanol–water partition coefficient (Wildman–Crippen LogP) is 2.66. The molecule has 92 valence electrons. The molecule has 1 N–H and O–H groups in total. The molecule has 0 fully saturated rings. The third kappa shape index (κ3) is 2.85. The van der Waals surface area contributed by atoms with E-state index in [1.165, 1.54) is 6.21 Å². The summed E-state index contributed by atoms with van der Waals surface area (Å²) in [6, 6.07) is 11.0. The van der Waals surface area contributed by atoms with E-state index in [1.807, 2.05) is 38.1 Å². The third-order valence-electron chi connectivity index (χ3n) is 2.51. The van der Waals surface area contributed by atoms with Crippen LogP contribution < -0.4 is 5.43 Å². The molecule has 2 rings (SSSR count). The van der Waals surface area contributed by atoms with E-state index in [0.717, 1.165) is 11.3 Å². The van der Waals surface area contributed by atoms with Gasteiger partial charge in [-0.3, -0.25) is 4.79 Å². The molecule has 1 aromatic heterocycles. The Kier molecular flexibility index (Phi) is 3.57. The van der Waals surface area contributed by atoms with Crippen LogP contribution in [0.5, 0.6) is 0 Å². The molecule has 2 aromatic rings. The number of benzene rings is 1. The zero-order valence-corrected chi connectivity index (χ0v) is 10.3. The van der Waals surface area contributed by atoms with Gasteiger partial charge in [0.05, 0.1) is 6.21 Å². The van der Waals surface area contributed by atoms with E-state index >= 15 is 0 Å². The zero-order chi connectivity index (χ0) is 13.0. The van der Waals surface area contributed by atoms with Crippen LogP contribution in [-0.4, -0.2) is 12.1 Å². The molecule has 0 atom stereocenters. The van der Waals surface area contributed by atoms with Crippen molar-refractivity contribution in [2.75, 3.05) is 0 Å². The number of carbonyl (C=O) groups excluding carboxylic acids is 1. The third-order valence-corrected chi connectivity index (χ3v) is 2.51. The second-order valence-electron chi connectivity index (χ2n) is 3.96. The lowest BCUT2D eigenvalue weighted by Crippen LogP contribution is -2.18. The molecular formula is C14H14N2O2. The van der Waals surface area contributed by atoms with Crippen LogP contribution >= 0.6 is 0 Å². The Morgan fingerprint density at radius 2 is 2.00 bits per heavy atom. The fraction of sp³-hybridized carbons (Fsp3) is 0.143. The average molecular weight is 242 g/mol. The first kappa shape index (κ1) is 12.1. The molecule has 0 saturated carbocycles. The maximum Gasteiger partial charge on any atom is 0.271 e. The van der Waals surface area contributed by atoms with Gasteiger partial charge in [0.25, 0.3) is 5.91 Å². The maximum absolute atomic E-state index is 11.8. The van der Waals surface area contributed by atoms with Crippen LogP contribution in [0, 0.1) is 13.8 Å². The van der Waals surface area contributed by atoms with E-state index in [9.17, 15) is 4.79 Å². The number of hydrazone groups is 1. The second kappa shape index (κ2) is 5.31. The number of furan rings is 1. The van der Waals surface area contributed by atoms with Crippen LogP contribution in [0.2, 0.25) is 0 Å². The monoisotopic (exact) mass is 242 g/mol. The van der Waals surface area contributed by atoms with Gasteiger partial charge in [-0.1, -0.05) is 18.2 Å². The summed E-state index contributed by atoms with van der Waals surface area (Å²) in [5.74, 6) is 1.19. The molecule has 1 heterocycles. The van der Waals surface area contributed by atoms with Crippen molar-refractivity contribution in [2.45, 2.75) is 13.8 Å². The number of amides is 1. The van der Waals surface area contributed by atoms with E-state index in [2.05, 4.69) is 10.5 Å². The maximum atomic E-state index is 11.8. The molecular weight excluding hydrogens is 228 g/mol. The number of rotatable bonds is 3. The molecule has 1 aromatic carbocycles. The van der Waals surface area contributed by atoms with E-state index < -0.39 is 0 Å². The van der Waals surface area contributed by atoms with Crippen LogP contribution in [0.1, 0.15) is 27.4 Å². The Labute approximate surface area is 105 Å². The summed E-state index contributed by atoms with van der Waals surface area (Å²) in [5, 5.41) is 3.85. The SMILES string of the molecule is Cc1ccc(/C=N\NC(=O)c2ccccc2C)o1. The minimum atomic E-state index is -0.229. The largest absolute Gasteiger partial charge is 0.460 e. The molecule has 0 bridgehead atoms. The summed E-state index contributed by atoms with van der Waals surface area (Å²) in [4.78, 5) is 11.8. The van der Waals surface area contributed by atoms with E-state index in [4.69, 9.17) is 4.42 Å². The molecule has 0 saturated heterocycles. The van der Waals surface area contributed by atoms with Crippen molar-refractivity contribution in [1.82, 2.24) is 5.43 Å². The topological polar surface area (TPSA) is 54.6 Å². The summed E-state index contributed by atoms with van der Waals surface area (Å²) < 4.78 is 5.29. The average Bonchev–Trinajstić information content (AvgIpc) is 2.75. The lowest BCUT2D eigenvalue weighted by atomic mass is 10.1. The van der Waals surface area contributed by atoms with Crippen molar-refractivity contribution < 1.29 is 9.21 Å². The lowest BCUT2D eigenvalue weighted by Gasteiger charge is -2.02. The fourth-order valence-corrected chi connectivity index (χ4v) is 1.57. The van der Waals surface area contributed by atoms with E-state index in [-0.39, 0.29) is 5.91 Å². The van der Waals surface area contributed by atoms with Gasteiger partial charge >= 0.3 is 0 Å². The highest BCUT2D eigenvalue weighted by Gasteiger charge is 2.06. The Morgan fingerprint density at radius 3 is 2.67 bits per heavy atom. The Bertz CT molecular complexity index is 585. The van der Waals surface area contributed by atoms with Gasteiger partial charge in [-0.05, 0) is 37.6 Å². The van der Waals surface area contributed by atoms with E-state index in [0.29, 0.717) is 11.3 Å². The number of hydrogen-bond donors (Lipinski definition) is 1. The molecule has 0 aliphatic carbocycles. The smallest absolute Gasteiger partial charge is 0.271 e. The summed E-state index contributed by atoms with van der Waals surface area (Å²) in [7, 11) is 0. The van der Waals surface area contributed by atoms with E-state index in [1.54, 1.807) is 12.1 Å². The molecule has 1 amide bonds. The Balaban J connectivity index is 2.01. The highest BCUT2D eigenvalue weighted by Crippen LogP contribution is 2.06. The van der Waals surface area contributed by atoms with Crippen molar-refractivity contribution in [2.24, 2.45) is 5.10 Å². The molecule has 0 aliphatic rings. The minimum Gasteiger partial charge on any atom is -0.460 e. The first-order valence-corrected chi connectivity index (χ1v) is 5.62. The number of aryl methyl sites for hydroxylation is 2. The van der Waals surface area contributed by atoms with Crippen LogP contribution in [-0.2, 0) is 0 Å². The highest BCUT2D eigenvalue weighted by molar-refractivity contribution is 5.96. The zero-order valence-electron chi connectivity index (χ0n) is 10.3. The van der Waals surface area contributed by atoms with Crippen molar-refractivity contribution in [3.63, 3.8) is 0 Å². The van der Waals surface area contributed by atoms with Gasteiger partial charge in [-0.15, -0.1) is 0 Å². The van der Waals surface area contributed by atoms with Crippen molar-refractivity contribution in [1.29, 1.82) is 0 Å². The van der Waals surface area contributed by atoms with Crippen molar-refractivity contribution >= 4 is 12.1 Å². The number of hydrogen-bond acceptors (Lipinski definition) is 3. The summed E-state index contributed by atoms with van der Waals surface area (Å²) >= 11 is 0. The molecule has 4 heteroatoms. The fourth-order valence-electron chi connectivity index (χ4n) is 1.57. The lowest BCUT2D eigenvalue weighted by molar-refractivity contribution is 0.0954. The minimum absolute atomic E-state index is 0.229. The molecule has 0 radical (unpaired) electrons. The van der Waals surface area contributed by atoms with Crippen LogP contribution in [0.25, 0.3) is 0 Å². The number of nitrogens with one attached hydrogen (secondary N) is 1. The van der Waals surface area contributed by atoms with Gasteiger partial charge in [-0.25, -0.2) is 5.43 Å². The molecule has 4 nitrogen and oxygen atoms in total. The van der Waals surface area contributed by atoms with Gasteiger partial charge in [0.15, 0.2) is 0 Å². The van der Waals surface area contributed by atoms with Crippen molar-refractivity contribution in [3.8, 4) is 0 Å². The highest BCUT2D eigenvalue weighted by atomic mass is 16.3. The van der Waals surface area contributed by atoms with Crippen LogP contribution in [0.4, 0.5) is 0 Å². The van der Waals surface area contributed by atoms with Gasteiger partial charge in [0, 0.05) is 5.56 Å². The van der Waals surface area contributed by atoms with Gasteiger partial charge in [0.2, 0.25) is 0 Å². The van der Waals surface area contributed by atoms with Crippen LogP contribution in [0.3, 0.4) is 0 Å². The van der Waals surface area contributed by atoms with Gasteiger partial charge in [0.1, 0.15) is 11.5 Å². The van der Waals surface area contributed by atoms with Crippen molar-refractivity contribution in [3.05, 3.63) is 59.0 Å². The summed E-state index contributed by atoms with van der Waals surface area (Å²) in [6.07, 6.45) is 1.48. The van der Waals surface area contributed by atoms with Gasteiger partial charge < -0.3 is 4.42 Å². The summed E-state index contributed by atoms with van der Waals surface area (Å²) in [6.45, 7) is 3.73. The first-order valence-electron chi connectivity index (χ1n) is 5.62. The quantitative estimate of drug-likeness (QED) is 0.664. The Hall–Kier alpha value is -2.36. The van der Waals surface area contributed by atoms with Crippen LogP contribution in [0.15, 0.2) is 45.9 Å². The number of nitrogens with zero attached hydrogens (tertiary/aromatic N) is 1. The standard InChI is InChI=1S/C14H14N2O2/c1-10-5-3-4-6-13(10)14(17)16-15-9-12-8-7-11(2)18-12/h3-9H,1-2H3,(H,16,17)/b15-9-.